The van der Waals surface area contributed by atoms with Crippen molar-refractivity contribution in [1.29, 1.82) is 0 Å². The summed E-state index contributed by atoms with van der Waals surface area (Å²) >= 11 is 0. The van der Waals surface area contributed by atoms with Crippen LogP contribution in [0.3, 0.4) is 0 Å². The summed E-state index contributed by atoms with van der Waals surface area (Å²) in [6.45, 7) is 1.95. The van der Waals surface area contributed by atoms with Gasteiger partial charge in [-0.05, 0) is 6.92 Å². The number of amides is 2. The normalized spacial score (nSPS) is 45.0. The smallest absolute Gasteiger partial charge is 0.335 e. The van der Waals surface area contributed by atoms with Gasteiger partial charge in [0.2, 0.25) is 11.8 Å². The monoisotopic (exact) mass is 804 g/mol. The fraction of sp³-hybridized carbons (Fsp3) is 0.867. The topological polar surface area (TPSA) is 389 Å². The van der Waals surface area contributed by atoms with Crippen LogP contribution in [-0.2, 0) is 57.1 Å². The lowest BCUT2D eigenvalue weighted by Gasteiger charge is -2.49. The molecule has 4 aliphatic rings. The molecule has 0 aromatic heterocycles. The molecule has 55 heavy (non-hydrogen) atoms. The second-order valence-electron chi connectivity index (χ2n) is 13.1. The number of rotatable bonds is 14. The van der Waals surface area contributed by atoms with Crippen molar-refractivity contribution in [2.45, 2.75) is 143 Å². The van der Waals surface area contributed by atoms with Crippen LogP contribution >= 0.6 is 0 Å². The molecule has 25 heteroatoms. The summed E-state index contributed by atoms with van der Waals surface area (Å²) in [5.74, 6) is -5.10. The van der Waals surface area contributed by atoms with E-state index in [2.05, 4.69) is 10.6 Å². The molecule has 2 amide bonds. The zero-order chi connectivity index (χ0) is 41.0. The van der Waals surface area contributed by atoms with Crippen molar-refractivity contribution < 1.29 is 113 Å². The first-order chi connectivity index (χ1) is 25.9. The van der Waals surface area contributed by atoms with Crippen LogP contribution < -0.4 is 10.6 Å². The highest BCUT2D eigenvalue weighted by molar-refractivity contribution is 5.74. The van der Waals surface area contributed by atoms with Gasteiger partial charge in [-0.3, -0.25) is 9.59 Å². The Morgan fingerprint density at radius 2 is 0.964 bits per heavy atom. The Bertz CT molecular complexity index is 1330. The molecule has 4 saturated heterocycles. The molecule has 0 bridgehead atoms. The van der Waals surface area contributed by atoms with Crippen molar-refractivity contribution in [2.75, 3.05) is 19.8 Å². The zero-order valence-corrected chi connectivity index (χ0v) is 29.5. The summed E-state index contributed by atoms with van der Waals surface area (Å²) in [6.07, 6.45) is -34.8. The maximum Gasteiger partial charge on any atom is 0.335 e. The van der Waals surface area contributed by atoms with Gasteiger partial charge >= 0.3 is 11.9 Å². The Morgan fingerprint density at radius 1 is 0.545 bits per heavy atom. The summed E-state index contributed by atoms with van der Waals surface area (Å²) in [4.78, 5) is 48.5. The van der Waals surface area contributed by atoms with Crippen LogP contribution in [0.15, 0.2) is 0 Å². The first-order valence-corrected chi connectivity index (χ1v) is 17.0. The Kier molecular flexibility index (Phi) is 15.6. The van der Waals surface area contributed by atoms with Gasteiger partial charge in [-0.2, -0.15) is 0 Å². The molecule has 4 fully saturated rings. The second kappa shape index (κ2) is 19.1. The molecule has 25 nitrogen and oxygen atoms in total. The van der Waals surface area contributed by atoms with Crippen molar-refractivity contribution in [3.63, 3.8) is 0 Å². The predicted molar refractivity (Wildman–Crippen MR) is 168 cm³/mol. The molecular weight excluding hydrogens is 756 g/mol. The number of aliphatic hydroxyl groups is 9. The Balaban J connectivity index is 1.57. The minimum Gasteiger partial charge on any atom is -0.479 e. The van der Waals surface area contributed by atoms with E-state index in [0.717, 1.165) is 13.8 Å². The van der Waals surface area contributed by atoms with Gasteiger partial charge in [0.05, 0.1) is 13.2 Å². The third-order valence-corrected chi connectivity index (χ3v) is 9.27. The third-order valence-electron chi connectivity index (χ3n) is 9.27. The standard InChI is InChI=1S/C30H48N2O23/c1-4-48-19-9(5-33)49-28(11(13(19)37)31-7(2)35)54-22-16(40)18(42)30(55-24(22)26(45)46)52-20-10(6-34)50-29(12(14(20)38)32-8(3)36)53-21-15(39)17(41)27(47)51-23(21)25(43)44/h9-24,27-30,33-34,37-42,47H,4-6H2,1-3H3,(H,31,35)(H,32,36)(H,43,44)(H,45,46). The lowest BCUT2D eigenvalue weighted by atomic mass is 9.94. The van der Waals surface area contributed by atoms with Crippen LogP contribution in [0.2, 0.25) is 0 Å². The van der Waals surface area contributed by atoms with Crippen molar-refractivity contribution in [3.05, 3.63) is 0 Å². The summed E-state index contributed by atoms with van der Waals surface area (Å²) in [5, 5.41) is 120. The van der Waals surface area contributed by atoms with Gasteiger partial charge in [-0.1, -0.05) is 0 Å². The fourth-order valence-corrected chi connectivity index (χ4v) is 6.67. The number of carboxylic acids is 2. The van der Waals surface area contributed by atoms with Crippen molar-refractivity contribution in [1.82, 2.24) is 10.6 Å². The maximum atomic E-state index is 12.5. The Hall–Kier alpha value is -2.80. The van der Waals surface area contributed by atoms with Crippen LogP contribution in [0.25, 0.3) is 0 Å². The van der Waals surface area contributed by atoms with Crippen LogP contribution in [0.4, 0.5) is 0 Å². The molecule has 4 aliphatic heterocycles. The number of ether oxygens (including phenoxy) is 8. The highest BCUT2D eigenvalue weighted by atomic mass is 16.8. The molecule has 316 valence electrons. The summed E-state index contributed by atoms with van der Waals surface area (Å²) in [7, 11) is 0. The minimum absolute atomic E-state index is 0.0554. The van der Waals surface area contributed by atoms with Gasteiger partial charge in [-0.15, -0.1) is 0 Å². The molecule has 0 aromatic carbocycles. The summed E-state index contributed by atoms with van der Waals surface area (Å²) in [5.41, 5.74) is 0. The maximum absolute atomic E-state index is 12.5. The molecule has 0 aromatic rings. The molecule has 20 unspecified atom stereocenters. The molecule has 4 rings (SSSR count). The van der Waals surface area contributed by atoms with Crippen LogP contribution in [0.1, 0.15) is 20.8 Å². The van der Waals surface area contributed by atoms with E-state index < -0.39 is 160 Å². The number of carboxylic acid groups (broad SMARTS) is 2. The van der Waals surface area contributed by atoms with Gasteiger partial charge in [0, 0.05) is 20.5 Å². The van der Waals surface area contributed by atoms with E-state index in [1.165, 1.54) is 0 Å². The molecule has 0 spiro atoms. The van der Waals surface area contributed by atoms with E-state index in [9.17, 15) is 75.3 Å². The fourth-order valence-electron chi connectivity index (χ4n) is 6.67. The van der Waals surface area contributed by atoms with Gasteiger partial charge in [0.15, 0.2) is 37.4 Å². The predicted octanol–water partition coefficient (Wildman–Crippen LogP) is -8.23. The number of carbonyl (C=O) groups excluding carboxylic acids is 2. The first-order valence-electron chi connectivity index (χ1n) is 17.0. The van der Waals surface area contributed by atoms with E-state index in [1.807, 2.05) is 0 Å². The first kappa shape index (κ1) is 44.9. The van der Waals surface area contributed by atoms with E-state index in [4.69, 9.17) is 37.9 Å². The molecule has 4 heterocycles. The molecule has 0 saturated carbocycles. The highest BCUT2D eigenvalue weighted by Crippen LogP contribution is 2.34. The lowest BCUT2D eigenvalue weighted by molar-refractivity contribution is -0.370. The lowest BCUT2D eigenvalue weighted by Crippen LogP contribution is -2.70. The molecule has 13 N–H and O–H groups in total. The average molecular weight is 805 g/mol. The number of aliphatic carboxylic acids is 2. The SMILES string of the molecule is CCOC1C(CO)OC(OC2C(C(=O)O)OC(OC3C(CO)OC(OC4C(C(=O)O)OC(O)C(O)C4O)C(NC(C)=O)C3O)C(O)C2O)C(NC(C)=O)C1O. The molecule has 0 aliphatic carbocycles. The summed E-state index contributed by atoms with van der Waals surface area (Å²) in [6, 6.07) is -3.22. The number of hydrogen-bond donors (Lipinski definition) is 13. The second-order valence-corrected chi connectivity index (χ2v) is 13.1. The van der Waals surface area contributed by atoms with E-state index in [-0.39, 0.29) is 6.61 Å². The van der Waals surface area contributed by atoms with Crippen molar-refractivity contribution in [2.24, 2.45) is 0 Å². The number of hydrogen-bond acceptors (Lipinski definition) is 21. The number of nitrogens with one attached hydrogen (secondary N) is 2. The van der Waals surface area contributed by atoms with Crippen LogP contribution in [0, 0.1) is 0 Å². The van der Waals surface area contributed by atoms with E-state index in [0.29, 0.717) is 0 Å². The van der Waals surface area contributed by atoms with Gasteiger partial charge in [0.25, 0.3) is 0 Å². The van der Waals surface area contributed by atoms with Crippen LogP contribution in [-0.4, -0.2) is 222 Å². The molecular formula is C30H48N2O23. The van der Waals surface area contributed by atoms with Gasteiger partial charge in [-0.25, -0.2) is 9.59 Å². The van der Waals surface area contributed by atoms with E-state index >= 15 is 0 Å². The summed E-state index contributed by atoms with van der Waals surface area (Å²) < 4.78 is 44.0. The molecule has 0 radical (unpaired) electrons. The molecule has 20 atom stereocenters. The van der Waals surface area contributed by atoms with Gasteiger partial charge in [0.1, 0.15) is 85.3 Å². The Morgan fingerprint density at radius 3 is 1.40 bits per heavy atom. The average Bonchev–Trinajstić information content (AvgIpc) is 3.12. The Labute approximate surface area is 311 Å². The highest BCUT2D eigenvalue weighted by Gasteiger charge is 2.57. The number of aliphatic hydroxyl groups excluding tert-OH is 9. The van der Waals surface area contributed by atoms with Crippen LogP contribution in [0.5, 0.6) is 0 Å². The van der Waals surface area contributed by atoms with Gasteiger partial charge < -0.3 is 105 Å². The van der Waals surface area contributed by atoms with Crippen molar-refractivity contribution in [3.8, 4) is 0 Å². The zero-order valence-electron chi connectivity index (χ0n) is 29.5. The number of carbonyl (C=O) groups is 4. The minimum atomic E-state index is -2.23. The van der Waals surface area contributed by atoms with Crippen molar-refractivity contribution >= 4 is 23.8 Å². The largest absolute Gasteiger partial charge is 0.479 e. The third kappa shape index (κ3) is 9.84. The van der Waals surface area contributed by atoms with E-state index in [1.54, 1.807) is 6.92 Å². The quantitative estimate of drug-likeness (QED) is 0.0775.